The van der Waals surface area contributed by atoms with Gasteiger partial charge in [-0.3, -0.25) is 14.9 Å². The molecule has 1 atom stereocenters. The van der Waals surface area contributed by atoms with Gasteiger partial charge in [0.1, 0.15) is 5.60 Å². The van der Waals surface area contributed by atoms with E-state index >= 15 is 0 Å². The van der Waals surface area contributed by atoms with E-state index in [0.29, 0.717) is 31.8 Å². The molecule has 134 valence electrons. The number of ether oxygens (including phenoxy) is 1. The zero-order valence-corrected chi connectivity index (χ0v) is 14.9. The molecule has 2 fully saturated rings. The first-order chi connectivity index (χ1) is 11.7. The van der Waals surface area contributed by atoms with E-state index in [2.05, 4.69) is 5.32 Å². The van der Waals surface area contributed by atoms with Gasteiger partial charge >= 0.3 is 6.09 Å². The number of benzene rings is 1. The van der Waals surface area contributed by atoms with Crippen LogP contribution in [0, 0.1) is 0 Å². The van der Waals surface area contributed by atoms with Crippen LogP contribution in [0.25, 0.3) is 0 Å². The Labute approximate surface area is 147 Å². The molecule has 2 aliphatic heterocycles. The Morgan fingerprint density at radius 1 is 1.12 bits per heavy atom. The summed E-state index contributed by atoms with van der Waals surface area (Å²) in [7, 11) is 0. The smallest absolute Gasteiger partial charge is 0.410 e. The van der Waals surface area contributed by atoms with Crippen LogP contribution in [-0.2, 0) is 14.3 Å². The van der Waals surface area contributed by atoms with Crippen molar-refractivity contribution in [2.45, 2.75) is 51.0 Å². The predicted molar refractivity (Wildman–Crippen MR) is 92.1 cm³/mol. The highest BCUT2D eigenvalue weighted by atomic mass is 16.6. The quantitative estimate of drug-likeness (QED) is 0.837. The minimum atomic E-state index is -0.480. The second kappa shape index (κ2) is 6.50. The predicted octanol–water partition coefficient (Wildman–Crippen LogP) is 2.54. The van der Waals surface area contributed by atoms with Crippen LogP contribution in [0.2, 0.25) is 0 Å². The van der Waals surface area contributed by atoms with Gasteiger partial charge in [0, 0.05) is 25.4 Å². The van der Waals surface area contributed by atoms with Crippen LogP contribution in [0.3, 0.4) is 0 Å². The molecular formula is C19H24N2O4. The molecule has 25 heavy (non-hydrogen) atoms. The van der Waals surface area contributed by atoms with Crippen molar-refractivity contribution in [2.24, 2.45) is 0 Å². The van der Waals surface area contributed by atoms with E-state index in [0.717, 1.165) is 11.1 Å². The second-order valence-electron chi connectivity index (χ2n) is 7.75. The van der Waals surface area contributed by atoms with Gasteiger partial charge in [-0.1, -0.05) is 24.3 Å². The number of imide groups is 1. The number of rotatable bonds is 2. The first kappa shape index (κ1) is 17.5. The molecule has 3 amide bonds. The maximum Gasteiger partial charge on any atom is 0.410 e. The molecule has 6 nitrogen and oxygen atoms in total. The van der Waals surface area contributed by atoms with Gasteiger partial charge in [0.25, 0.3) is 0 Å². The lowest BCUT2D eigenvalue weighted by Crippen LogP contribution is -2.50. The number of nitrogens with one attached hydrogen (secondary N) is 1. The van der Waals surface area contributed by atoms with Crippen LogP contribution in [0.1, 0.15) is 56.6 Å². The van der Waals surface area contributed by atoms with Crippen molar-refractivity contribution in [3.8, 4) is 0 Å². The van der Waals surface area contributed by atoms with Gasteiger partial charge in [0.05, 0.1) is 5.92 Å². The zero-order chi connectivity index (χ0) is 18.2. The highest BCUT2D eigenvalue weighted by Gasteiger charge is 2.35. The van der Waals surface area contributed by atoms with E-state index in [1.807, 2.05) is 45.0 Å². The third-order valence-corrected chi connectivity index (χ3v) is 4.58. The van der Waals surface area contributed by atoms with Gasteiger partial charge in [-0.2, -0.15) is 0 Å². The molecule has 1 unspecified atom stereocenters. The van der Waals surface area contributed by atoms with Gasteiger partial charge in [-0.15, -0.1) is 0 Å². The minimum Gasteiger partial charge on any atom is -0.444 e. The molecule has 2 saturated heterocycles. The molecule has 0 aromatic heterocycles. The summed E-state index contributed by atoms with van der Waals surface area (Å²) in [4.78, 5) is 36.8. The highest BCUT2D eigenvalue weighted by Crippen LogP contribution is 2.31. The van der Waals surface area contributed by atoms with Gasteiger partial charge in [-0.25, -0.2) is 4.79 Å². The van der Waals surface area contributed by atoms with E-state index in [1.54, 1.807) is 4.90 Å². The Morgan fingerprint density at radius 2 is 1.72 bits per heavy atom. The first-order valence-corrected chi connectivity index (χ1v) is 8.64. The third kappa shape index (κ3) is 4.00. The van der Waals surface area contributed by atoms with E-state index < -0.39 is 5.60 Å². The number of piperidine rings is 1. The van der Waals surface area contributed by atoms with Crippen molar-refractivity contribution < 1.29 is 19.1 Å². The molecule has 0 saturated carbocycles. The Morgan fingerprint density at radius 3 is 2.28 bits per heavy atom. The molecule has 6 heteroatoms. The fraction of sp³-hybridized carbons (Fsp3) is 0.526. The monoisotopic (exact) mass is 344 g/mol. The molecular weight excluding hydrogens is 320 g/mol. The molecule has 3 rings (SSSR count). The zero-order valence-electron chi connectivity index (χ0n) is 14.9. The summed E-state index contributed by atoms with van der Waals surface area (Å²) in [6.07, 6.45) is 0.662. The third-order valence-electron chi connectivity index (χ3n) is 4.58. The highest BCUT2D eigenvalue weighted by molar-refractivity contribution is 6.00. The molecule has 2 heterocycles. The molecule has 0 aliphatic carbocycles. The fourth-order valence-electron chi connectivity index (χ4n) is 3.18. The fourth-order valence-corrected chi connectivity index (χ4v) is 3.18. The van der Waals surface area contributed by atoms with Crippen molar-refractivity contribution >= 4 is 17.9 Å². The van der Waals surface area contributed by atoms with E-state index in [1.165, 1.54) is 0 Å². The van der Waals surface area contributed by atoms with Crippen molar-refractivity contribution in [1.29, 1.82) is 0 Å². The molecule has 2 aliphatic rings. The Kier molecular flexibility index (Phi) is 4.54. The lowest BCUT2D eigenvalue weighted by molar-refractivity contribution is -0.134. The number of nitrogens with zero attached hydrogens (tertiary/aromatic N) is 1. The number of likely N-dealkylation sites (tertiary alicyclic amines) is 1. The Bertz CT molecular complexity index is 684. The van der Waals surface area contributed by atoms with Crippen LogP contribution < -0.4 is 5.32 Å². The molecule has 0 bridgehead atoms. The largest absolute Gasteiger partial charge is 0.444 e. The molecule has 0 radical (unpaired) electrons. The minimum absolute atomic E-state index is 0.199. The summed E-state index contributed by atoms with van der Waals surface area (Å²) in [6.45, 7) is 6.86. The summed E-state index contributed by atoms with van der Waals surface area (Å²) in [5.74, 6) is -0.381. The maximum atomic E-state index is 12.0. The number of hydrogen-bond acceptors (Lipinski definition) is 4. The Balaban J connectivity index is 1.57. The van der Waals surface area contributed by atoms with Gasteiger partial charge in [0.2, 0.25) is 11.8 Å². The van der Waals surface area contributed by atoms with Crippen LogP contribution >= 0.6 is 0 Å². The van der Waals surface area contributed by atoms with Gasteiger partial charge in [-0.05, 0) is 38.3 Å². The average molecular weight is 344 g/mol. The average Bonchev–Trinajstić information content (AvgIpc) is 2.45. The molecule has 1 aromatic carbocycles. The lowest BCUT2D eigenvalue weighted by atomic mass is 9.87. The number of carbonyl (C=O) groups excluding carboxylic acids is 3. The first-order valence-electron chi connectivity index (χ1n) is 8.64. The number of hydrogen-bond donors (Lipinski definition) is 1. The van der Waals surface area contributed by atoms with Crippen LogP contribution in [-0.4, -0.2) is 41.5 Å². The lowest BCUT2D eigenvalue weighted by Gasteiger charge is -2.40. The normalized spacial score (nSPS) is 21.6. The van der Waals surface area contributed by atoms with Crippen molar-refractivity contribution in [3.05, 3.63) is 35.4 Å². The second-order valence-corrected chi connectivity index (χ2v) is 7.75. The Hall–Kier alpha value is -2.37. The van der Waals surface area contributed by atoms with Crippen LogP contribution in [0.4, 0.5) is 4.79 Å². The van der Waals surface area contributed by atoms with Crippen LogP contribution in [0.15, 0.2) is 24.3 Å². The summed E-state index contributed by atoms with van der Waals surface area (Å²) in [5.41, 5.74) is 1.60. The van der Waals surface area contributed by atoms with E-state index in [-0.39, 0.29) is 23.8 Å². The number of amides is 3. The molecule has 1 aromatic rings. The van der Waals surface area contributed by atoms with Gasteiger partial charge in [0.15, 0.2) is 0 Å². The van der Waals surface area contributed by atoms with Crippen molar-refractivity contribution in [3.63, 3.8) is 0 Å². The summed E-state index contributed by atoms with van der Waals surface area (Å²) in [5, 5.41) is 2.39. The molecule has 0 spiro atoms. The van der Waals surface area contributed by atoms with E-state index in [4.69, 9.17) is 4.74 Å². The number of carbonyl (C=O) groups is 3. The summed E-state index contributed by atoms with van der Waals surface area (Å²) in [6, 6.07) is 7.92. The van der Waals surface area contributed by atoms with Crippen molar-refractivity contribution in [2.75, 3.05) is 13.1 Å². The topological polar surface area (TPSA) is 75.7 Å². The standard InChI is InChI=1S/C19H24N2O4/c1-19(2,3)25-18(24)21-10-14(11-21)12-4-6-13(7-5-12)15-8-9-16(22)20-17(15)23/h4-7,14-15H,8-11H2,1-3H3,(H,20,22,23). The summed E-state index contributed by atoms with van der Waals surface area (Å²) >= 11 is 0. The molecule has 1 N–H and O–H groups in total. The SMILES string of the molecule is CC(C)(C)OC(=O)N1CC(c2ccc(C3CCC(=O)NC3=O)cc2)C1. The van der Waals surface area contributed by atoms with E-state index in [9.17, 15) is 14.4 Å². The van der Waals surface area contributed by atoms with Gasteiger partial charge < -0.3 is 9.64 Å². The van der Waals surface area contributed by atoms with Crippen molar-refractivity contribution in [1.82, 2.24) is 10.2 Å². The van der Waals surface area contributed by atoms with Crippen LogP contribution in [0.5, 0.6) is 0 Å². The maximum absolute atomic E-state index is 12.0. The summed E-state index contributed by atoms with van der Waals surface area (Å²) < 4.78 is 5.36.